The molecule has 1 aliphatic carbocycles. The Balaban J connectivity index is 2.07. The van der Waals surface area contributed by atoms with E-state index in [1.807, 2.05) is 0 Å². The molecule has 0 heterocycles. The predicted molar refractivity (Wildman–Crippen MR) is 63.3 cm³/mol. The minimum Gasteiger partial charge on any atom is -0.480 e. The predicted octanol–water partition coefficient (Wildman–Crippen LogP) is -0.310. The summed E-state index contributed by atoms with van der Waals surface area (Å²) in [4.78, 5) is 21.8. The van der Waals surface area contributed by atoms with Crippen LogP contribution in [0.2, 0.25) is 0 Å². The van der Waals surface area contributed by atoms with Crippen molar-refractivity contribution < 1.29 is 24.5 Å². The molecule has 0 radical (unpaired) electrons. The quantitative estimate of drug-likeness (QED) is 0.470. The van der Waals surface area contributed by atoms with Gasteiger partial charge in [-0.1, -0.05) is 12.8 Å². The van der Waals surface area contributed by atoms with E-state index < -0.39 is 24.6 Å². The van der Waals surface area contributed by atoms with Gasteiger partial charge in [-0.05, 0) is 12.8 Å². The number of aliphatic hydroxyl groups is 1. The first-order valence-corrected chi connectivity index (χ1v) is 6.13. The number of hydrogen-bond donors (Lipinski definition) is 4. The second kappa shape index (κ2) is 7.88. The largest absolute Gasteiger partial charge is 0.480 e. The second-order valence-electron chi connectivity index (χ2n) is 4.25. The molecule has 0 spiro atoms. The van der Waals surface area contributed by atoms with Gasteiger partial charge in [0.1, 0.15) is 0 Å². The maximum absolute atomic E-state index is 11.3. The number of urea groups is 1. The molecule has 0 aromatic rings. The number of aliphatic hydroxyl groups excluding tert-OH is 1. The number of carboxylic acids is 1. The Hall–Kier alpha value is -1.34. The van der Waals surface area contributed by atoms with Gasteiger partial charge in [-0.2, -0.15) is 0 Å². The standard InChI is InChI=1S/C11H20N2O5/c14-7-9(10(15)16)13-11(17)12-5-6-18-8-3-1-2-4-8/h8-9,14H,1-7H2,(H,15,16)(H2,12,13,17)/t9-/m0/s1. The van der Waals surface area contributed by atoms with Crippen LogP contribution >= 0.6 is 0 Å². The minimum absolute atomic E-state index is 0.291. The summed E-state index contributed by atoms with van der Waals surface area (Å²) in [5, 5.41) is 21.9. The fourth-order valence-electron chi connectivity index (χ4n) is 1.84. The van der Waals surface area contributed by atoms with Crippen LogP contribution in [-0.2, 0) is 9.53 Å². The number of carbonyl (C=O) groups is 2. The van der Waals surface area contributed by atoms with E-state index in [9.17, 15) is 9.59 Å². The average molecular weight is 260 g/mol. The summed E-state index contributed by atoms with van der Waals surface area (Å²) >= 11 is 0. The minimum atomic E-state index is -1.28. The summed E-state index contributed by atoms with van der Waals surface area (Å²) in [6, 6.07) is -1.90. The molecule has 1 saturated carbocycles. The van der Waals surface area contributed by atoms with Gasteiger partial charge in [-0.25, -0.2) is 9.59 Å². The fourth-order valence-corrected chi connectivity index (χ4v) is 1.84. The first-order chi connectivity index (χ1) is 8.63. The van der Waals surface area contributed by atoms with Crippen molar-refractivity contribution in [1.82, 2.24) is 10.6 Å². The molecule has 104 valence electrons. The van der Waals surface area contributed by atoms with Crippen molar-refractivity contribution in [3.8, 4) is 0 Å². The highest BCUT2D eigenvalue weighted by atomic mass is 16.5. The van der Waals surface area contributed by atoms with Crippen LogP contribution in [0.25, 0.3) is 0 Å². The Labute approximate surface area is 106 Å². The molecule has 0 unspecified atom stereocenters. The van der Waals surface area contributed by atoms with E-state index in [1.165, 1.54) is 12.8 Å². The average Bonchev–Trinajstić information content (AvgIpc) is 2.84. The topological polar surface area (TPSA) is 108 Å². The van der Waals surface area contributed by atoms with Crippen molar-refractivity contribution in [2.24, 2.45) is 0 Å². The summed E-state index contributed by atoms with van der Waals surface area (Å²) in [5.74, 6) is -1.27. The molecule has 1 rings (SSSR count). The molecule has 0 aliphatic heterocycles. The molecule has 0 aromatic heterocycles. The lowest BCUT2D eigenvalue weighted by Gasteiger charge is -2.14. The third kappa shape index (κ3) is 5.33. The first-order valence-electron chi connectivity index (χ1n) is 6.13. The lowest BCUT2D eigenvalue weighted by Crippen LogP contribution is -2.48. The third-order valence-electron chi connectivity index (χ3n) is 2.83. The Morgan fingerprint density at radius 1 is 1.33 bits per heavy atom. The van der Waals surface area contributed by atoms with Gasteiger partial charge in [0.15, 0.2) is 6.04 Å². The van der Waals surface area contributed by atoms with Crippen LogP contribution in [0.3, 0.4) is 0 Å². The van der Waals surface area contributed by atoms with E-state index in [-0.39, 0.29) is 0 Å². The van der Waals surface area contributed by atoms with Gasteiger partial charge in [0, 0.05) is 6.54 Å². The van der Waals surface area contributed by atoms with Crippen LogP contribution in [0.4, 0.5) is 4.79 Å². The van der Waals surface area contributed by atoms with E-state index in [1.54, 1.807) is 0 Å². The highest BCUT2D eigenvalue weighted by Crippen LogP contribution is 2.20. The van der Waals surface area contributed by atoms with Gasteiger partial charge in [0.25, 0.3) is 0 Å². The molecular formula is C11H20N2O5. The van der Waals surface area contributed by atoms with Crippen molar-refractivity contribution in [2.75, 3.05) is 19.8 Å². The number of ether oxygens (including phenoxy) is 1. The Morgan fingerprint density at radius 2 is 2.00 bits per heavy atom. The van der Waals surface area contributed by atoms with Gasteiger partial charge in [-0.3, -0.25) is 0 Å². The normalized spacial score (nSPS) is 17.4. The molecule has 1 aliphatic rings. The molecular weight excluding hydrogens is 240 g/mol. The number of carboxylic acid groups (broad SMARTS) is 1. The highest BCUT2D eigenvalue weighted by molar-refractivity contribution is 5.82. The molecule has 0 bridgehead atoms. The molecule has 1 atom stereocenters. The second-order valence-corrected chi connectivity index (χ2v) is 4.25. The SMILES string of the molecule is O=C(NCCOC1CCCC1)N[C@@H](CO)C(=O)O. The Kier molecular flexibility index (Phi) is 6.45. The lowest BCUT2D eigenvalue weighted by atomic mass is 10.3. The summed E-state index contributed by atoms with van der Waals surface area (Å²) < 4.78 is 5.52. The smallest absolute Gasteiger partial charge is 0.328 e. The number of rotatable bonds is 7. The molecule has 0 aromatic carbocycles. The molecule has 4 N–H and O–H groups in total. The molecule has 1 fully saturated rings. The van der Waals surface area contributed by atoms with Crippen molar-refractivity contribution in [3.63, 3.8) is 0 Å². The number of nitrogens with one attached hydrogen (secondary N) is 2. The molecule has 0 saturated heterocycles. The van der Waals surface area contributed by atoms with Gasteiger partial charge >= 0.3 is 12.0 Å². The van der Waals surface area contributed by atoms with Gasteiger partial charge in [-0.15, -0.1) is 0 Å². The van der Waals surface area contributed by atoms with Crippen LogP contribution < -0.4 is 10.6 Å². The zero-order chi connectivity index (χ0) is 13.4. The first kappa shape index (κ1) is 14.7. The molecule has 18 heavy (non-hydrogen) atoms. The van der Waals surface area contributed by atoms with Gasteiger partial charge in [0.2, 0.25) is 0 Å². The van der Waals surface area contributed by atoms with Crippen LogP contribution in [0.1, 0.15) is 25.7 Å². The summed E-state index contributed by atoms with van der Waals surface area (Å²) in [6.45, 7) is 0.0936. The zero-order valence-corrected chi connectivity index (χ0v) is 10.2. The van der Waals surface area contributed by atoms with Gasteiger partial charge in [0.05, 0.1) is 19.3 Å². The summed E-state index contributed by atoms with van der Waals surface area (Å²) in [6.07, 6.45) is 4.81. The zero-order valence-electron chi connectivity index (χ0n) is 10.2. The maximum atomic E-state index is 11.3. The summed E-state index contributed by atoms with van der Waals surface area (Å²) in [7, 11) is 0. The van der Waals surface area contributed by atoms with Crippen LogP contribution in [-0.4, -0.2) is 54.1 Å². The lowest BCUT2D eigenvalue weighted by molar-refractivity contribution is -0.140. The molecule has 7 nitrogen and oxygen atoms in total. The summed E-state index contributed by atoms with van der Waals surface area (Å²) in [5.41, 5.74) is 0. The fraction of sp³-hybridized carbons (Fsp3) is 0.818. The van der Waals surface area contributed by atoms with Crippen LogP contribution in [0, 0.1) is 0 Å². The number of amides is 2. The van der Waals surface area contributed by atoms with Crippen LogP contribution in [0.15, 0.2) is 0 Å². The number of hydrogen-bond acceptors (Lipinski definition) is 4. The van der Waals surface area contributed by atoms with Gasteiger partial charge < -0.3 is 25.6 Å². The van der Waals surface area contributed by atoms with Crippen molar-refractivity contribution in [3.05, 3.63) is 0 Å². The van der Waals surface area contributed by atoms with Crippen molar-refractivity contribution in [1.29, 1.82) is 0 Å². The number of carbonyl (C=O) groups excluding carboxylic acids is 1. The van der Waals surface area contributed by atoms with Crippen LogP contribution in [0.5, 0.6) is 0 Å². The third-order valence-corrected chi connectivity index (χ3v) is 2.83. The van der Waals surface area contributed by atoms with Crippen molar-refractivity contribution >= 4 is 12.0 Å². The van der Waals surface area contributed by atoms with E-state index in [2.05, 4.69) is 10.6 Å². The Bertz CT molecular complexity index is 279. The number of aliphatic carboxylic acids is 1. The van der Waals surface area contributed by atoms with E-state index in [4.69, 9.17) is 14.9 Å². The monoisotopic (exact) mass is 260 g/mol. The highest BCUT2D eigenvalue weighted by Gasteiger charge is 2.18. The Morgan fingerprint density at radius 3 is 2.56 bits per heavy atom. The maximum Gasteiger partial charge on any atom is 0.328 e. The van der Waals surface area contributed by atoms with Crippen molar-refractivity contribution in [2.45, 2.75) is 37.8 Å². The van der Waals surface area contributed by atoms with E-state index in [0.29, 0.717) is 19.3 Å². The van der Waals surface area contributed by atoms with E-state index in [0.717, 1.165) is 12.8 Å². The molecule has 2 amide bonds. The van der Waals surface area contributed by atoms with E-state index >= 15 is 0 Å². The molecule has 7 heteroatoms.